The quantitative estimate of drug-likeness (QED) is 0.870. The molecule has 1 heterocycles. The average molecular weight is 249 g/mol. The predicted octanol–water partition coefficient (Wildman–Crippen LogP) is 3.59. The van der Waals surface area contributed by atoms with Gasteiger partial charge in [0, 0.05) is 12.7 Å². The van der Waals surface area contributed by atoms with Crippen LogP contribution in [0.4, 0.5) is 19.1 Å². The van der Waals surface area contributed by atoms with Crippen molar-refractivity contribution in [1.29, 1.82) is 0 Å². The van der Waals surface area contributed by atoms with Crippen LogP contribution in [0.2, 0.25) is 0 Å². The molecule has 0 saturated carbocycles. The zero-order valence-electron chi connectivity index (χ0n) is 9.39. The molecule has 0 spiro atoms. The lowest BCUT2D eigenvalue weighted by atomic mass is 9.97. The highest BCUT2D eigenvalue weighted by molar-refractivity contribution is 5.26. The van der Waals surface area contributed by atoms with Gasteiger partial charge in [0.25, 0.3) is 0 Å². The molecule has 0 aliphatic carbocycles. The zero-order chi connectivity index (χ0) is 12.4. The van der Waals surface area contributed by atoms with Crippen molar-refractivity contribution in [3.8, 4) is 0 Å². The van der Waals surface area contributed by atoms with Gasteiger partial charge in [0.05, 0.1) is 0 Å². The molecule has 17 heavy (non-hydrogen) atoms. The molecule has 0 atom stereocenters. The molecule has 1 N–H and O–H groups in total. The lowest BCUT2D eigenvalue weighted by Crippen LogP contribution is -2.21. The number of aromatic nitrogens is 2. The van der Waals surface area contributed by atoms with Crippen LogP contribution >= 0.6 is 0 Å². The third-order valence-electron chi connectivity index (χ3n) is 1.72. The van der Waals surface area contributed by atoms with Crippen LogP contribution in [0.25, 0.3) is 0 Å². The molecule has 0 aliphatic rings. The third kappa shape index (κ3) is 5.51. The Morgan fingerprint density at radius 3 is 2.29 bits per heavy atom. The maximum absolute atomic E-state index is 12.3. The molecule has 1 rings (SSSR count). The third-order valence-corrected chi connectivity index (χ3v) is 1.72. The Morgan fingerprint density at radius 2 is 1.82 bits per heavy atom. The SMILES string of the molecule is C.CC(C)(C)CNc1nccc(C(F)(F)F)n1. The molecule has 3 nitrogen and oxygen atoms in total. The van der Waals surface area contributed by atoms with Crippen molar-refractivity contribution in [2.75, 3.05) is 11.9 Å². The van der Waals surface area contributed by atoms with Gasteiger partial charge in [0.1, 0.15) is 5.69 Å². The van der Waals surface area contributed by atoms with Gasteiger partial charge in [-0.1, -0.05) is 28.2 Å². The Hall–Kier alpha value is -1.33. The number of anilines is 1. The first-order valence-electron chi connectivity index (χ1n) is 4.83. The highest BCUT2D eigenvalue weighted by Gasteiger charge is 2.32. The first-order valence-corrected chi connectivity index (χ1v) is 4.83. The van der Waals surface area contributed by atoms with Crippen molar-refractivity contribution in [3.05, 3.63) is 18.0 Å². The summed E-state index contributed by atoms with van der Waals surface area (Å²) in [6.07, 6.45) is -3.33. The van der Waals surface area contributed by atoms with Gasteiger partial charge in [-0.25, -0.2) is 9.97 Å². The number of hydrogen-bond acceptors (Lipinski definition) is 3. The molecule has 0 aromatic carbocycles. The van der Waals surface area contributed by atoms with Crippen LogP contribution in [-0.4, -0.2) is 16.5 Å². The van der Waals surface area contributed by atoms with E-state index in [0.717, 1.165) is 12.3 Å². The van der Waals surface area contributed by atoms with Crippen molar-refractivity contribution < 1.29 is 13.2 Å². The standard InChI is InChI=1S/C10H14F3N3.CH4/c1-9(2,3)6-15-8-14-5-4-7(16-8)10(11,12)13;/h4-5H,6H2,1-3H3,(H,14,15,16);1H4. The van der Waals surface area contributed by atoms with Crippen LogP contribution < -0.4 is 5.32 Å². The van der Waals surface area contributed by atoms with Crippen LogP contribution in [0.15, 0.2) is 12.3 Å². The van der Waals surface area contributed by atoms with E-state index < -0.39 is 11.9 Å². The molecule has 0 amide bonds. The van der Waals surface area contributed by atoms with Gasteiger partial charge in [-0.2, -0.15) is 13.2 Å². The lowest BCUT2D eigenvalue weighted by molar-refractivity contribution is -0.141. The Morgan fingerprint density at radius 1 is 1.24 bits per heavy atom. The fourth-order valence-corrected chi connectivity index (χ4v) is 0.946. The second-order valence-corrected chi connectivity index (χ2v) is 4.68. The fraction of sp³-hybridized carbons (Fsp3) is 0.636. The number of alkyl halides is 3. The minimum absolute atomic E-state index is 0. The molecule has 0 unspecified atom stereocenters. The maximum atomic E-state index is 12.3. The highest BCUT2D eigenvalue weighted by Crippen LogP contribution is 2.27. The van der Waals surface area contributed by atoms with E-state index in [2.05, 4.69) is 15.3 Å². The molecule has 0 saturated heterocycles. The summed E-state index contributed by atoms with van der Waals surface area (Å²) in [6, 6.07) is 0.849. The largest absolute Gasteiger partial charge is 0.433 e. The molecule has 1 aromatic rings. The van der Waals surface area contributed by atoms with Crippen molar-refractivity contribution >= 4 is 5.95 Å². The summed E-state index contributed by atoms with van der Waals surface area (Å²) < 4.78 is 37.0. The molecule has 0 aliphatic heterocycles. The van der Waals surface area contributed by atoms with Gasteiger partial charge >= 0.3 is 6.18 Å². The molecular weight excluding hydrogens is 231 g/mol. The first kappa shape index (κ1) is 15.7. The van der Waals surface area contributed by atoms with E-state index in [1.165, 1.54) is 0 Å². The zero-order valence-corrected chi connectivity index (χ0v) is 9.39. The van der Waals surface area contributed by atoms with Crippen LogP contribution in [0.3, 0.4) is 0 Å². The van der Waals surface area contributed by atoms with Gasteiger partial charge in [-0.3, -0.25) is 0 Å². The molecule has 0 bridgehead atoms. The van der Waals surface area contributed by atoms with E-state index in [9.17, 15) is 13.2 Å². The molecule has 1 aromatic heterocycles. The topological polar surface area (TPSA) is 37.8 Å². The summed E-state index contributed by atoms with van der Waals surface area (Å²) in [4.78, 5) is 7.13. The van der Waals surface area contributed by atoms with Crippen molar-refractivity contribution in [2.24, 2.45) is 5.41 Å². The van der Waals surface area contributed by atoms with Crippen LogP contribution in [0.5, 0.6) is 0 Å². The summed E-state index contributed by atoms with van der Waals surface area (Å²) in [5.41, 5.74) is -0.976. The number of nitrogens with one attached hydrogen (secondary N) is 1. The number of nitrogens with zero attached hydrogens (tertiary/aromatic N) is 2. The summed E-state index contributed by atoms with van der Waals surface area (Å²) in [7, 11) is 0. The second kappa shape index (κ2) is 5.33. The summed E-state index contributed by atoms with van der Waals surface area (Å²) in [5.74, 6) is 0.00440. The molecule has 0 fully saturated rings. The van der Waals surface area contributed by atoms with Crippen molar-refractivity contribution in [2.45, 2.75) is 34.4 Å². The summed E-state index contributed by atoms with van der Waals surface area (Å²) >= 11 is 0. The van der Waals surface area contributed by atoms with E-state index in [1.54, 1.807) is 0 Å². The Balaban J connectivity index is 0.00000256. The monoisotopic (exact) mass is 249 g/mol. The summed E-state index contributed by atoms with van der Waals surface area (Å²) in [6.45, 7) is 6.41. The highest BCUT2D eigenvalue weighted by atomic mass is 19.4. The summed E-state index contributed by atoms with van der Waals surface area (Å²) in [5, 5.41) is 2.77. The van der Waals surface area contributed by atoms with E-state index in [-0.39, 0.29) is 18.8 Å². The fourth-order valence-electron chi connectivity index (χ4n) is 0.946. The van der Waals surface area contributed by atoms with Gasteiger partial charge in [0.2, 0.25) is 5.95 Å². The van der Waals surface area contributed by atoms with Crippen LogP contribution in [-0.2, 0) is 6.18 Å². The maximum Gasteiger partial charge on any atom is 0.433 e. The normalized spacial score (nSPS) is 11.9. The Kier molecular flexibility index (Phi) is 4.92. The minimum atomic E-state index is -4.43. The number of hydrogen-bond donors (Lipinski definition) is 1. The smallest absolute Gasteiger partial charge is 0.354 e. The lowest BCUT2D eigenvalue weighted by Gasteiger charge is -2.18. The predicted molar refractivity (Wildman–Crippen MR) is 61.7 cm³/mol. The van der Waals surface area contributed by atoms with Gasteiger partial charge in [-0.15, -0.1) is 0 Å². The van der Waals surface area contributed by atoms with Crippen LogP contribution in [0, 0.1) is 5.41 Å². The second-order valence-electron chi connectivity index (χ2n) is 4.68. The van der Waals surface area contributed by atoms with Gasteiger partial charge in [-0.05, 0) is 11.5 Å². The Labute approximate surface area is 99.5 Å². The molecule has 6 heteroatoms. The molecule has 0 radical (unpaired) electrons. The van der Waals surface area contributed by atoms with E-state index in [4.69, 9.17) is 0 Å². The molecular formula is C11H18F3N3. The van der Waals surface area contributed by atoms with Gasteiger partial charge < -0.3 is 5.32 Å². The van der Waals surface area contributed by atoms with Crippen molar-refractivity contribution in [1.82, 2.24) is 9.97 Å². The number of halogens is 3. The average Bonchev–Trinajstić information content (AvgIpc) is 2.13. The van der Waals surface area contributed by atoms with Gasteiger partial charge in [0.15, 0.2) is 0 Å². The number of rotatable bonds is 2. The van der Waals surface area contributed by atoms with E-state index >= 15 is 0 Å². The van der Waals surface area contributed by atoms with E-state index in [1.807, 2.05) is 20.8 Å². The molecule has 98 valence electrons. The van der Waals surface area contributed by atoms with Crippen LogP contribution in [0.1, 0.15) is 33.9 Å². The first-order chi connectivity index (χ1) is 7.18. The minimum Gasteiger partial charge on any atom is -0.354 e. The van der Waals surface area contributed by atoms with E-state index in [0.29, 0.717) is 6.54 Å². The Bertz CT molecular complexity index is 356. The van der Waals surface area contributed by atoms with Crippen molar-refractivity contribution in [3.63, 3.8) is 0 Å².